The fourth-order valence-corrected chi connectivity index (χ4v) is 2.97. The van der Waals surface area contributed by atoms with Gasteiger partial charge in [-0.15, -0.1) is 0 Å². The average Bonchev–Trinajstić information content (AvgIpc) is 3.00. The second-order valence-electron chi connectivity index (χ2n) is 5.25. The molecule has 0 fully saturated rings. The maximum Gasteiger partial charge on any atom is 0.0569 e. The molecule has 0 heteroatoms. The van der Waals surface area contributed by atoms with E-state index in [9.17, 15) is 0 Å². The summed E-state index contributed by atoms with van der Waals surface area (Å²) in [6.45, 7) is 0. The third-order valence-electron chi connectivity index (χ3n) is 3.98. The first-order valence-corrected chi connectivity index (χ1v) is 7.23. The first-order chi connectivity index (χ1) is 10.4. The highest BCUT2D eigenvalue weighted by Gasteiger charge is 2.21. The Labute approximate surface area is 125 Å². The molecule has 0 atom stereocenters. The van der Waals surface area contributed by atoms with E-state index in [1.54, 1.807) is 0 Å². The van der Waals surface area contributed by atoms with Gasteiger partial charge in [-0.25, -0.2) is 0 Å². The van der Waals surface area contributed by atoms with E-state index in [0.717, 1.165) is 0 Å². The molecule has 99 valence electrons. The van der Waals surface area contributed by atoms with E-state index in [4.69, 9.17) is 0 Å². The number of allylic oxidation sites excluding steroid dienone is 1. The zero-order valence-electron chi connectivity index (χ0n) is 11.7. The van der Waals surface area contributed by atoms with E-state index in [1.165, 1.54) is 33.7 Å². The first-order valence-electron chi connectivity index (χ1n) is 7.23. The smallest absolute Gasteiger partial charge is 0.0569 e. The molecule has 3 aromatic carbocycles. The third kappa shape index (κ3) is 2.09. The van der Waals surface area contributed by atoms with Gasteiger partial charge in [-0.1, -0.05) is 91.0 Å². The Morgan fingerprint density at radius 2 is 1.05 bits per heavy atom. The summed E-state index contributed by atoms with van der Waals surface area (Å²) in [4.78, 5) is 0. The van der Waals surface area contributed by atoms with Crippen LogP contribution in [0.5, 0.6) is 0 Å². The maximum absolute atomic E-state index is 2.23. The molecule has 0 aromatic heterocycles. The van der Waals surface area contributed by atoms with Crippen LogP contribution in [0.1, 0.15) is 16.7 Å². The molecule has 21 heavy (non-hydrogen) atoms. The predicted molar refractivity (Wildman–Crippen MR) is 88.8 cm³/mol. The fourth-order valence-electron chi connectivity index (χ4n) is 2.97. The summed E-state index contributed by atoms with van der Waals surface area (Å²) in [7, 11) is 0. The number of fused-ring (bicyclic) bond motifs is 1. The van der Waals surface area contributed by atoms with Gasteiger partial charge in [-0.3, -0.25) is 0 Å². The quantitative estimate of drug-likeness (QED) is 0.587. The minimum Gasteiger partial charge on any atom is -0.0674 e. The van der Waals surface area contributed by atoms with Crippen LogP contribution in [0.3, 0.4) is 0 Å². The summed E-state index contributed by atoms with van der Waals surface area (Å²) >= 11 is 0. The van der Waals surface area contributed by atoms with Crippen molar-refractivity contribution in [2.24, 2.45) is 0 Å². The van der Waals surface area contributed by atoms with E-state index in [-0.39, 0.29) is 0 Å². The standard InChI is InChI=1S/C21H15/c1-2-8-16(9-3-1)18-12-6-7-13-20(18)21-15-14-17-10-4-5-11-19(17)21/h1-15H. The molecular formula is C21H15. The highest BCUT2D eigenvalue weighted by molar-refractivity contribution is 5.79. The van der Waals surface area contributed by atoms with Crippen LogP contribution < -0.4 is 0 Å². The Hall–Kier alpha value is -2.60. The molecule has 1 aliphatic carbocycles. The number of hydrogen-bond donors (Lipinski definition) is 0. The highest BCUT2D eigenvalue weighted by atomic mass is 14.2. The molecule has 0 heterocycles. The van der Waals surface area contributed by atoms with Crippen molar-refractivity contribution in [3.8, 4) is 11.1 Å². The van der Waals surface area contributed by atoms with Gasteiger partial charge in [0.25, 0.3) is 0 Å². The minimum atomic E-state index is 1.26. The lowest BCUT2D eigenvalue weighted by molar-refractivity contribution is 1.31. The lowest BCUT2D eigenvalue weighted by Crippen LogP contribution is -1.99. The molecule has 3 aromatic rings. The molecular weight excluding hydrogens is 252 g/mol. The van der Waals surface area contributed by atoms with Crippen molar-refractivity contribution in [3.63, 3.8) is 0 Å². The van der Waals surface area contributed by atoms with Crippen LogP contribution in [0.2, 0.25) is 0 Å². The molecule has 0 spiro atoms. The molecule has 0 nitrogen and oxygen atoms in total. The second kappa shape index (κ2) is 5.06. The Morgan fingerprint density at radius 3 is 1.86 bits per heavy atom. The summed E-state index contributed by atoms with van der Waals surface area (Å²) in [5.74, 6) is 1.31. The van der Waals surface area contributed by atoms with E-state index < -0.39 is 0 Å². The van der Waals surface area contributed by atoms with Gasteiger partial charge >= 0.3 is 0 Å². The zero-order valence-corrected chi connectivity index (χ0v) is 11.7. The van der Waals surface area contributed by atoms with Crippen molar-refractivity contribution < 1.29 is 0 Å². The van der Waals surface area contributed by atoms with Crippen molar-refractivity contribution in [1.82, 2.24) is 0 Å². The third-order valence-corrected chi connectivity index (χ3v) is 3.98. The SMILES string of the molecule is C1=Cc2ccccc2[C]1c1ccccc1-c1ccccc1. The Balaban J connectivity index is 1.87. The molecule has 1 aliphatic rings. The minimum absolute atomic E-state index is 1.26. The van der Waals surface area contributed by atoms with Crippen LogP contribution in [0.4, 0.5) is 0 Å². The lowest BCUT2D eigenvalue weighted by atomic mass is 9.87. The van der Waals surface area contributed by atoms with Gasteiger partial charge in [-0.2, -0.15) is 0 Å². The van der Waals surface area contributed by atoms with E-state index in [1.807, 2.05) is 0 Å². The summed E-state index contributed by atoms with van der Waals surface area (Å²) in [5, 5.41) is 0. The molecule has 0 saturated heterocycles. The van der Waals surface area contributed by atoms with Crippen LogP contribution in [0, 0.1) is 5.92 Å². The van der Waals surface area contributed by atoms with Crippen molar-refractivity contribution in [3.05, 3.63) is 108 Å². The predicted octanol–water partition coefficient (Wildman–Crippen LogP) is 5.35. The van der Waals surface area contributed by atoms with Crippen molar-refractivity contribution in [1.29, 1.82) is 0 Å². The molecule has 0 saturated carbocycles. The number of benzene rings is 3. The number of hydrogen-bond acceptors (Lipinski definition) is 0. The van der Waals surface area contributed by atoms with Gasteiger partial charge in [-0.05, 0) is 27.8 Å². The van der Waals surface area contributed by atoms with Crippen LogP contribution >= 0.6 is 0 Å². The summed E-state index contributed by atoms with van der Waals surface area (Å²) in [6.07, 6.45) is 4.43. The Morgan fingerprint density at radius 1 is 0.429 bits per heavy atom. The number of rotatable bonds is 2. The van der Waals surface area contributed by atoms with Crippen molar-refractivity contribution >= 4 is 6.08 Å². The molecule has 1 radical (unpaired) electrons. The Kier molecular flexibility index (Phi) is 2.93. The first kappa shape index (κ1) is 12.2. The molecule has 4 rings (SSSR count). The Bertz CT molecular complexity index is 797. The highest BCUT2D eigenvalue weighted by Crippen LogP contribution is 2.38. The van der Waals surface area contributed by atoms with Crippen molar-refractivity contribution in [2.75, 3.05) is 0 Å². The van der Waals surface area contributed by atoms with Crippen LogP contribution in [-0.4, -0.2) is 0 Å². The average molecular weight is 267 g/mol. The zero-order chi connectivity index (χ0) is 14.1. The van der Waals surface area contributed by atoms with E-state index in [0.29, 0.717) is 0 Å². The summed E-state index contributed by atoms with van der Waals surface area (Å²) in [6, 6.07) is 27.8. The van der Waals surface area contributed by atoms with Crippen LogP contribution in [-0.2, 0) is 0 Å². The van der Waals surface area contributed by atoms with Gasteiger partial charge in [0.15, 0.2) is 0 Å². The van der Waals surface area contributed by atoms with Gasteiger partial charge in [0.05, 0.1) is 5.92 Å². The molecule has 0 unspecified atom stereocenters. The summed E-state index contributed by atoms with van der Waals surface area (Å²) in [5.41, 5.74) is 6.47. The maximum atomic E-state index is 2.23. The van der Waals surface area contributed by atoms with Gasteiger partial charge in [0.1, 0.15) is 0 Å². The topological polar surface area (TPSA) is 0 Å². The van der Waals surface area contributed by atoms with Crippen LogP contribution in [0.15, 0.2) is 84.9 Å². The van der Waals surface area contributed by atoms with E-state index >= 15 is 0 Å². The molecule has 0 N–H and O–H groups in total. The van der Waals surface area contributed by atoms with Crippen molar-refractivity contribution in [2.45, 2.75) is 0 Å². The van der Waals surface area contributed by atoms with E-state index in [2.05, 4.69) is 91.0 Å². The monoisotopic (exact) mass is 267 g/mol. The molecule has 0 aliphatic heterocycles. The molecule has 0 amide bonds. The van der Waals surface area contributed by atoms with Gasteiger partial charge in [0, 0.05) is 0 Å². The van der Waals surface area contributed by atoms with Gasteiger partial charge < -0.3 is 0 Å². The largest absolute Gasteiger partial charge is 0.0674 e. The normalized spacial score (nSPS) is 13.3. The molecule has 0 bridgehead atoms. The van der Waals surface area contributed by atoms with Crippen LogP contribution in [0.25, 0.3) is 17.2 Å². The second-order valence-corrected chi connectivity index (χ2v) is 5.25. The fraction of sp³-hybridized carbons (Fsp3) is 0. The lowest BCUT2D eigenvalue weighted by Gasteiger charge is -2.15. The van der Waals surface area contributed by atoms with Gasteiger partial charge in [0.2, 0.25) is 0 Å². The summed E-state index contributed by atoms with van der Waals surface area (Å²) < 4.78 is 0.